The average Bonchev–Trinajstić information content (AvgIpc) is 3.57. The molecule has 0 radical (unpaired) electrons. The molecule has 0 unspecified atom stereocenters. The third kappa shape index (κ3) is 6.52. The topological polar surface area (TPSA) is 108 Å². The SMILES string of the molecule is COc1cc(N2CCC(N(C)C)CC2)c(-c2ccsc2)cc1Nc1ncc(C)c(Nc2ccc3nccnc3c2P(C)(C)=O)n1. The van der Waals surface area contributed by atoms with Crippen LogP contribution in [0.4, 0.5) is 28.8 Å². The highest BCUT2D eigenvalue weighted by Crippen LogP contribution is 2.43. The molecule has 5 aromatic rings. The highest BCUT2D eigenvalue weighted by Gasteiger charge is 2.25. The highest BCUT2D eigenvalue weighted by atomic mass is 32.1. The quantitative estimate of drug-likeness (QED) is 0.168. The van der Waals surface area contributed by atoms with Gasteiger partial charge in [-0.15, -0.1) is 0 Å². The molecule has 3 aromatic heterocycles. The van der Waals surface area contributed by atoms with Crippen molar-refractivity contribution in [1.29, 1.82) is 0 Å². The van der Waals surface area contributed by atoms with Gasteiger partial charge in [0.25, 0.3) is 0 Å². The first kappa shape index (κ1) is 31.0. The molecule has 1 fully saturated rings. The molecule has 0 saturated carbocycles. The summed E-state index contributed by atoms with van der Waals surface area (Å²) in [6.07, 6.45) is 7.26. The lowest BCUT2D eigenvalue weighted by molar-refractivity contribution is 0.249. The van der Waals surface area contributed by atoms with Crippen molar-refractivity contribution in [1.82, 2.24) is 24.8 Å². The van der Waals surface area contributed by atoms with Gasteiger partial charge in [0.05, 0.1) is 29.3 Å². The first-order chi connectivity index (χ1) is 21.6. The van der Waals surface area contributed by atoms with Crippen molar-refractivity contribution in [2.75, 3.05) is 63.2 Å². The zero-order chi connectivity index (χ0) is 31.7. The molecule has 2 N–H and O–H groups in total. The number of nitrogens with zero attached hydrogens (tertiary/aromatic N) is 6. The van der Waals surface area contributed by atoms with Crippen molar-refractivity contribution in [3.05, 3.63) is 65.2 Å². The Kier molecular flexibility index (Phi) is 8.77. The van der Waals surface area contributed by atoms with Gasteiger partial charge in [-0.25, -0.2) is 4.98 Å². The first-order valence-corrected chi connectivity index (χ1v) is 18.5. The Morgan fingerprint density at radius 3 is 2.49 bits per heavy atom. The van der Waals surface area contributed by atoms with Gasteiger partial charge in [0, 0.05) is 60.6 Å². The summed E-state index contributed by atoms with van der Waals surface area (Å²) in [5, 5.41) is 11.8. The fourth-order valence-corrected chi connectivity index (χ4v) is 7.96. The van der Waals surface area contributed by atoms with E-state index in [9.17, 15) is 4.57 Å². The van der Waals surface area contributed by atoms with Crippen LogP contribution in [0.25, 0.3) is 22.2 Å². The molecule has 4 heterocycles. The fourth-order valence-electron chi connectivity index (χ4n) is 5.91. The zero-order valence-electron chi connectivity index (χ0n) is 26.5. The van der Waals surface area contributed by atoms with Gasteiger partial charge in [-0.2, -0.15) is 16.3 Å². The number of aromatic nitrogens is 4. The summed E-state index contributed by atoms with van der Waals surface area (Å²) in [7, 11) is 3.28. The van der Waals surface area contributed by atoms with Crippen LogP contribution in [-0.2, 0) is 4.57 Å². The second-order valence-electron chi connectivity index (χ2n) is 12.0. The Bertz CT molecular complexity index is 1870. The van der Waals surface area contributed by atoms with Gasteiger partial charge in [0.2, 0.25) is 5.95 Å². The summed E-state index contributed by atoms with van der Waals surface area (Å²) in [5.74, 6) is 1.73. The molecular formula is C33H39N8O2PS. The molecule has 2 aromatic carbocycles. The molecule has 6 rings (SSSR count). The molecule has 1 saturated heterocycles. The first-order valence-electron chi connectivity index (χ1n) is 15.0. The van der Waals surface area contributed by atoms with Crippen molar-refractivity contribution in [2.24, 2.45) is 0 Å². The molecular weight excluding hydrogens is 603 g/mol. The van der Waals surface area contributed by atoms with E-state index >= 15 is 0 Å². The third-order valence-corrected chi connectivity index (χ3v) is 10.5. The summed E-state index contributed by atoms with van der Waals surface area (Å²) >= 11 is 1.68. The number of benzene rings is 2. The van der Waals surface area contributed by atoms with E-state index in [2.05, 4.69) is 78.4 Å². The van der Waals surface area contributed by atoms with Crippen LogP contribution in [-0.4, -0.2) is 78.5 Å². The minimum atomic E-state index is -2.73. The van der Waals surface area contributed by atoms with Crippen LogP contribution in [0.15, 0.2) is 59.7 Å². The molecule has 10 nitrogen and oxygen atoms in total. The second kappa shape index (κ2) is 12.7. The normalized spacial score (nSPS) is 14.2. The van der Waals surface area contributed by atoms with E-state index in [0.29, 0.717) is 45.6 Å². The Labute approximate surface area is 268 Å². The van der Waals surface area contributed by atoms with Crippen LogP contribution >= 0.6 is 18.5 Å². The van der Waals surface area contributed by atoms with E-state index in [0.717, 1.165) is 54.0 Å². The summed E-state index contributed by atoms with van der Waals surface area (Å²) in [5.41, 5.74) is 7.08. The molecule has 0 bridgehead atoms. The Hall–Kier alpha value is -4.05. The van der Waals surface area contributed by atoms with Crippen LogP contribution in [0, 0.1) is 6.92 Å². The van der Waals surface area contributed by atoms with Crippen molar-refractivity contribution < 1.29 is 9.30 Å². The minimum Gasteiger partial charge on any atom is -0.494 e. The maximum atomic E-state index is 13.5. The number of anilines is 5. The predicted octanol–water partition coefficient (Wildman–Crippen LogP) is 6.73. The summed E-state index contributed by atoms with van der Waals surface area (Å²) in [4.78, 5) is 23.1. The van der Waals surface area contributed by atoms with Crippen LogP contribution in [0.1, 0.15) is 18.4 Å². The van der Waals surface area contributed by atoms with Gasteiger partial charge in [-0.3, -0.25) is 9.97 Å². The Balaban J connectivity index is 1.34. The van der Waals surface area contributed by atoms with Gasteiger partial charge in [-0.05, 0) is 87.8 Å². The highest BCUT2D eigenvalue weighted by molar-refractivity contribution is 7.71. The molecule has 1 aliphatic heterocycles. The maximum absolute atomic E-state index is 13.5. The third-order valence-electron chi connectivity index (χ3n) is 8.31. The molecule has 0 atom stereocenters. The lowest BCUT2D eigenvalue weighted by Crippen LogP contribution is -2.42. The lowest BCUT2D eigenvalue weighted by atomic mass is 9.99. The van der Waals surface area contributed by atoms with Gasteiger partial charge >= 0.3 is 0 Å². The average molecular weight is 643 g/mol. The second-order valence-corrected chi connectivity index (χ2v) is 15.9. The Morgan fingerprint density at radius 2 is 1.80 bits per heavy atom. The van der Waals surface area contributed by atoms with E-state index in [-0.39, 0.29) is 0 Å². The number of nitrogens with one attached hydrogen (secondary N) is 2. The predicted molar refractivity (Wildman–Crippen MR) is 187 cm³/mol. The molecule has 234 valence electrons. The number of fused-ring (bicyclic) bond motifs is 1. The molecule has 12 heteroatoms. The maximum Gasteiger partial charge on any atom is 0.229 e. The summed E-state index contributed by atoms with van der Waals surface area (Å²) in [6.45, 7) is 7.39. The standard InChI is InChI=1S/C33H39N8O2PS/c1-21-19-36-33(39-32(21)37-26-8-7-25-30(35-13-12-34-25)31(26)44(5,6)42)38-27-17-24(22-11-16-45-20-22)28(18-29(27)43-4)41-14-9-23(10-15-41)40(2)3/h7-8,11-13,16-20,23H,9-10,14-15H2,1-6H3,(H2,36,37,38,39). The van der Waals surface area contributed by atoms with Gasteiger partial charge in [-0.1, -0.05) is 0 Å². The molecule has 45 heavy (non-hydrogen) atoms. The number of thiophene rings is 1. The largest absolute Gasteiger partial charge is 0.494 e. The zero-order valence-corrected chi connectivity index (χ0v) is 28.2. The number of hydrogen-bond acceptors (Lipinski definition) is 11. The number of hydrogen-bond donors (Lipinski definition) is 2. The van der Waals surface area contributed by atoms with E-state index in [1.165, 1.54) is 0 Å². The molecule has 0 spiro atoms. The Morgan fingerprint density at radius 1 is 1.02 bits per heavy atom. The van der Waals surface area contributed by atoms with Crippen LogP contribution in [0.5, 0.6) is 5.75 Å². The van der Waals surface area contributed by atoms with Gasteiger partial charge in [0.1, 0.15) is 24.2 Å². The number of aryl methyl sites for hydroxylation is 1. The molecule has 1 aliphatic rings. The van der Waals surface area contributed by atoms with Crippen LogP contribution < -0.4 is 25.6 Å². The number of piperidine rings is 1. The molecule has 0 amide bonds. The smallest absolute Gasteiger partial charge is 0.229 e. The number of methoxy groups -OCH3 is 1. The lowest BCUT2D eigenvalue weighted by Gasteiger charge is -2.37. The van der Waals surface area contributed by atoms with Crippen molar-refractivity contribution in [3.8, 4) is 16.9 Å². The number of ether oxygens (including phenoxy) is 1. The van der Waals surface area contributed by atoms with E-state index < -0.39 is 7.14 Å². The van der Waals surface area contributed by atoms with E-state index in [1.807, 2.05) is 19.1 Å². The van der Waals surface area contributed by atoms with Gasteiger partial charge in [0.15, 0.2) is 0 Å². The molecule has 0 aliphatic carbocycles. The van der Waals surface area contributed by atoms with Crippen LogP contribution in [0.3, 0.4) is 0 Å². The number of rotatable bonds is 9. The van der Waals surface area contributed by atoms with Gasteiger partial charge < -0.3 is 29.7 Å². The van der Waals surface area contributed by atoms with Crippen molar-refractivity contribution in [2.45, 2.75) is 25.8 Å². The van der Waals surface area contributed by atoms with Crippen molar-refractivity contribution in [3.63, 3.8) is 0 Å². The van der Waals surface area contributed by atoms with E-state index in [1.54, 1.807) is 50.4 Å². The monoisotopic (exact) mass is 642 g/mol. The fraction of sp³-hybridized carbons (Fsp3) is 0.333. The minimum absolute atomic E-state index is 0.413. The van der Waals surface area contributed by atoms with Crippen molar-refractivity contribution >= 4 is 63.6 Å². The van der Waals surface area contributed by atoms with E-state index in [4.69, 9.17) is 9.72 Å². The van der Waals surface area contributed by atoms with Crippen LogP contribution in [0.2, 0.25) is 0 Å². The summed E-state index contributed by atoms with van der Waals surface area (Å²) in [6, 6.07) is 10.8. The summed E-state index contributed by atoms with van der Waals surface area (Å²) < 4.78 is 19.4.